The van der Waals surface area contributed by atoms with E-state index in [2.05, 4.69) is 21.3 Å². The van der Waals surface area contributed by atoms with Crippen molar-refractivity contribution in [2.45, 2.75) is 83.8 Å². The predicted octanol–water partition coefficient (Wildman–Crippen LogP) is 3.88. The molecule has 3 aromatic rings. The van der Waals surface area contributed by atoms with Crippen LogP contribution in [0.25, 0.3) is 11.3 Å². The molecule has 19 nitrogen and oxygen atoms in total. The van der Waals surface area contributed by atoms with Crippen LogP contribution in [0.15, 0.2) is 65.1 Å². The van der Waals surface area contributed by atoms with E-state index in [-0.39, 0.29) is 41.5 Å². The van der Waals surface area contributed by atoms with Gasteiger partial charge in [-0.25, -0.2) is 14.4 Å². The van der Waals surface area contributed by atoms with Gasteiger partial charge in [-0.1, -0.05) is 69.5 Å². The summed E-state index contributed by atoms with van der Waals surface area (Å²) in [7, 11) is 0. The van der Waals surface area contributed by atoms with E-state index in [9.17, 15) is 43.5 Å². The minimum Gasteiger partial charge on any atom is -0.481 e. The summed E-state index contributed by atoms with van der Waals surface area (Å²) in [5.74, 6) is -8.03. The Morgan fingerprint density at radius 3 is 2.20 bits per heavy atom. The zero-order chi connectivity index (χ0) is 43.7. The lowest BCUT2D eigenvalue weighted by Gasteiger charge is -2.33. The largest absolute Gasteiger partial charge is 0.481 e. The Hall–Kier alpha value is -6.92. The second-order valence-electron chi connectivity index (χ2n) is 13.8. The zero-order valence-electron chi connectivity index (χ0n) is 33.0. The number of benzene rings is 2. The monoisotopic (exact) mass is 823 g/mol. The number of nitrogens with one attached hydrogen (secondary N) is 4. The first-order chi connectivity index (χ1) is 28.0. The molecule has 0 saturated carbocycles. The number of amides is 5. The zero-order valence-corrected chi connectivity index (χ0v) is 33.0. The van der Waals surface area contributed by atoms with Crippen LogP contribution in [0, 0.1) is 5.92 Å². The van der Waals surface area contributed by atoms with Crippen molar-refractivity contribution in [2.75, 3.05) is 13.3 Å². The maximum Gasteiger partial charge on any atom is 0.432 e. The number of unbranched alkanes of at least 4 members (excludes halogenated alkanes) is 2. The molecule has 0 fully saturated rings. The first-order valence-electron chi connectivity index (χ1n) is 18.7. The van der Waals surface area contributed by atoms with Crippen LogP contribution < -0.4 is 26.0 Å². The molecule has 1 aromatic heterocycles. The molecule has 1 heterocycles. The fourth-order valence-electron chi connectivity index (χ4n) is 6.00. The van der Waals surface area contributed by atoms with E-state index >= 15 is 0 Å². The van der Waals surface area contributed by atoms with Crippen molar-refractivity contribution >= 4 is 48.1 Å². The van der Waals surface area contributed by atoms with E-state index in [1.165, 1.54) is 30.3 Å². The number of ether oxygens (including phenoxy) is 1. The highest BCUT2D eigenvalue weighted by atomic mass is 16.7. The van der Waals surface area contributed by atoms with Crippen LogP contribution in [0.4, 0.5) is 4.79 Å². The highest BCUT2D eigenvalue weighted by molar-refractivity contribution is 6.00. The Balaban J connectivity index is 1.71. The number of nitrogens with zero attached hydrogens (tertiary/aromatic N) is 1. The quantitative estimate of drug-likeness (QED) is 0.0292. The van der Waals surface area contributed by atoms with Crippen LogP contribution in [0.5, 0.6) is 5.75 Å². The molecular formula is C40H49N5O14. The van der Waals surface area contributed by atoms with Gasteiger partial charge in [0.15, 0.2) is 12.4 Å². The third-order valence-corrected chi connectivity index (χ3v) is 9.05. The van der Waals surface area contributed by atoms with Gasteiger partial charge in [0.1, 0.15) is 17.6 Å². The lowest BCUT2D eigenvalue weighted by Crippen LogP contribution is -2.51. The SMILES string of the molecule is CCCCCC(C(=O)NCNC(=O)c1ccc(-c2ccc(C(=O)NC(CC(=O)O)C(=O)O)c(OCC(=O)O)c2)o1)C(CC)N(C=O)OC(=O)NC(C)(C)c1ccccc1. The van der Waals surface area contributed by atoms with Gasteiger partial charge in [0, 0.05) is 5.56 Å². The number of furan rings is 1. The Morgan fingerprint density at radius 1 is 0.881 bits per heavy atom. The van der Waals surface area contributed by atoms with Crippen LogP contribution in [0.3, 0.4) is 0 Å². The van der Waals surface area contributed by atoms with Gasteiger partial charge in [0.2, 0.25) is 12.3 Å². The molecule has 0 saturated heterocycles. The minimum absolute atomic E-state index is 0.0764. The number of hydrogen-bond donors (Lipinski definition) is 7. The highest BCUT2D eigenvalue weighted by Gasteiger charge is 2.35. The maximum absolute atomic E-state index is 13.6. The third kappa shape index (κ3) is 13.9. The van der Waals surface area contributed by atoms with Gasteiger partial charge in [-0.2, -0.15) is 5.06 Å². The van der Waals surface area contributed by atoms with E-state index in [1.807, 2.05) is 37.3 Å². The van der Waals surface area contributed by atoms with Crippen LogP contribution in [0.2, 0.25) is 0 Å². The molecule has 3 unspecified atom stereocenters. The smallest absolute Gasteiger partial charge is 0.432 e. The Morgan fingerprint density at radius 2 is 1.59 bits per heavy atom. The molecule has 0 aliphatic heterocycles. The molecule has 0 spiro atoms. The van der Waals surface area contributed by atoms with Gasteiger partial charge in [-0.3, -0.25) is 24.0 Å². The first kappa shape index (κ1) is 46.5. The molecule has 0 aliphatic rings. The van der Waals surface area contributed by atoms with Crippen molar-refractivity contribution in [3.05, 3.63) is 77.6 Å². The van der Waals surface area contributed by atoms with Gasteiger partial charge in [-0.05, 0) is 56.5 Å². The van der Waals surface area contributed by atoms with Crippen molar-refractivity contribution in [2.24, 2.45) is 5.92 Å². The number of rotatable bonds is 24. The first-order valence-corrected chi connectivity index (χ1v) is 18.7. The average molecular weight is 824 g/mol. The molecule has 7 N–H and O–H groups in total. The minimum atomic E-state index is -1.79. The van der Waals surface area contributed by atoms with Crippen LogP contribution in [-0.4, -0.2) is 93.9 Å². The summed E-state index contributed by atoms with van der Waals surface area (Å²) in [5.41, 5.74) is -0.130. The summed E-state index contributed by atoms with van der Waals surface area (Å²) >= 11 is 0. The molecule has 59 heavy (non-hydrogen) atoms. The molecule has 318 valence electrons. The van der Waals surface area contributed by atoms with Gasteiger partial charge >= 0.3 is 24.0 Å². The number of carbonyl (C=O) groups excluding carboxylic acids is 5. The van der Waals surface area contributed by atoms with Crippen molar-refractivity contribution < 1.29 is 67.7 Å². The Labute approximate surface area is 339 Å². The third-order valence-electron chi connectivity index (χ3n) is 9.05. The van der Waals surface area contributed by atoms with Crippen molar-refractivity contribution in [1.29, 1.82) is 0 Å². The molecule has 5 amide bonds. The topological polar surface area (TPSA) is 280 Å². The molecule has 2 aromatic carbocycles. The fraction of sp³-hybridized carbons (Fsp3) is 0.400. The molecule has 3 atom stereocenters. The van der Waals surface area contributed by atoms with Gasteiger partial charge in [0.25, 0.3) is 11.8 Å². The fourth-order valence-corrected chi connectivity index (χ4v) is 6.00. The Kier molecular flexibility index (Phi) is 17.4. The molecule has 0 radical (unpaired) electrons. The second-order valence-corrected chi connectivity index (χ2v) is 13.8. The molecule has 3 rings (SSSR count). The van der Waals surface area contributed by atoms with E-state index in [4.69, 9.17) is 24.2 Å². The summed E-state index contributed by atoms with van der Waals surface area (Å²) in [6.07, 6.45) is 1.42. The molecule has 0 aliphatic carbocycles. The van der Waals surface area contributed by atoms with Crippen LogP contribution in [-0.2, 0) is 34.3 Å². The van der Waals surface area contributed by atoms with Gasteiger partial charge < -0.3 is 50.6 Å². The summed E-state index contributed by atoms with van der Waals surface area (Å²) in [6, 6.07) is 13.0. The van der Waals surface area contributed by atoms with Crippen molar-refractivity contribution in [3.63, 3.8) is 0 Å². The Bertz CT molecular complexity index is 1960. The lowest BCUT2D eigenvalue weighted by atomic mass is 9.90. The van der Waals surface area contributed by atoms with Crippen LogP contribution in [0.1, 0.15) is 92.7 Å². The number of carbonyl (C=O) groups is 8. The van der Waals surface area contributed by atoms with E-state index in [0.29, 0.717) is 19.3 Å². The number of carboxylic acid groups (broad SMARTS) is 3. The summed E-state index contributed by atoms with van der Waals surface area (Å²) in [6.45, 7) is 6.05. The highest BCUT2D eigenvalue weighted by Crippen LogP contribution is 2.30. The number of carboxylic acids is 3. The van der Waals surface area contributed by atoms with Gasteiger partial charge in [0.05, 0.1) is 36.2 Å². The predicted molar refractivity (Wildman–Crippen MR) is 208 cm³/mol. The lowest BCUT2D eigenvalue weighted by molar-refractivity contribution is -0.169. The number of hydroxylamine groups is 2. The van der Waals surface area contributed by atoms with E-state index < -0.39 is 78.3 Å². The second kappa shape index (κ2) is 22.1. The normalized spacial score (nSPS) is 12.5. The standard InChI is InChI=1S/C40H49N5O14/c1-5-7-9-14-26(29(6-2)45(23-46)59-39(56)44-40(3,4)25-12-10-8-11-13-25)35(51)41-22-42-37(53)31-18-17-30(58-31)24-15-16-27(32(19-24)57-21-34(49)50)36(52)43-28(38(54)55)20-33(47)48/h8,10-13,15-19,23,26,28-29H,5-7,9,14,20-22H2,1-4H3,(H,41,51)(H,42,53)(H,43,52)(H,44,56)(H,47,48)(H,49,50)(H,54,55). The summed E-state index contributed by atoms with van der Waals surface area (Å²) in [5, 5.41) is 38.3. The molecular weight excluding hydrogens is 774 g/mol. The van der Waals surface area contributed by atoms with Gasteiger partial charge in [-0.15, -0.1) is 0 Å². The van der Waals surface area contributed by atoms with Crippen LogP contribution >= 0.6 is 0 Å². The van der Waals surface area contributed by atoms with E-state index in [0.717, 1.165) is 23.5 Å². The summed E-state index contributed by atoms with van der Waals surface area (Å²) in [4.78, 5) is 104. The number of hydrogen-bond acceptors (Lipinski definition) is 11. The summed E-state index contributed by atoms with van der Waals surface area (Å²) < 4.78 is 10.9. The average Bonchev–Trinajstić information content (AvgIpc) is 3.69. The molecule has 19 heteroatoms. The van der Waals surface area contributed by atoms with Crippen molar-refractivity contribution in [1.82, 2.24) is 26.3 Å². The van der Waals surface area contributed by atoms with E-state index in [1.54, 1.807) is 20.8 Å². The number of aliphatic carboxylic acids is 3. The van der Waals surface area contributed by atoms with Crippen molar-refractivity contribution in [3.8, 4) is 17.1 Å². The maximum atomic E-state index is 13.6. The molecule has 0 bridgehead atoms.